The van der Waals surface area contributed by atoms with Gasteiger partial charge in [0.05, 0.1) is 11.0 Å². The maximum absolute atomic E-state index is 12.4. The Labute approximate surface area is 153 Å². The summed E-state index contributed by atoms with van der Waals surface area (Å²) in [6.45, 7) is 7.11. The number of ether oxygens (including phenoxy) is 1. The molecule has 3 atom stereocenters. The fourth-order valence-corrected chi connectivity index (χ4v) is 4.05. The highest BCUT2D eigenvalue weighted by molar-refractivity contribution is 5.95. The molecule has 0 radical (unpaired) electrons. The second kappa shape index (κ2) is 8.03. The van der Waals surface area contributed by atoms with Gasteiger partial charge in [0.1, 0.15) is 5.69 Å². The van der Waals surface area contributed by atoms with Crippen molar-refractivity contribution in [3.8, 4) is 0 Å². The molecule has 2 saturated heterocycles. The lowest BCUT2D eigenvalue weighted by molar-refractivity contribution is -0.384. The zero-order chi connectivity index (χ0) is 18.7. The van der Waals surface area contributed by atoms with Gasteiger partial charge in [-0.05, 0) is 43.2 Å². The van der Waals surface area contributed by atoms with Gasteiger partial charge < -0.3 is 15.0 Å². The van der Waals surface area contributed by atoms with Crippen LogP contribution in [-0.4, -0.2) is 43.2 Å². The molecule has 0 spiro atoms. The molecule has 2 fully saturated rings. The lowest BCUT2D eigenvalue weighted by Gasteiger charge is -2.36. The van der Waals surface area contributed by atoms with Crippen molar-refractivity contribution in [3.05, 3.63) is 33.9 Å². The summed E-state index contributed by atoms with van der Waals surface area (Å²) in [5.41, 5.74) is 0.914. The van der Waals surface area contributed by atoms with Crippen LogP contribution in [-0.2, 0) is 4.74 Å². The van der Waals surface area contributed by atoms with Crippen LogP contribution >= 0.6 is 0 Å². The van der Waals surface area contributed by atoms with E-state index in [9.17, 15) is 14.9 Å². The molecule has 142 valence electrons. The van der Waals surface area contributed by atoms with E-state index in [1.54, 1.807) is 12.1 Å². The fourth-order valence-electron chi connectivity index (χ4n) is 4.05. The minimum Gasteiger partial charge on any atom is -0.376 e. The molecule has 0 aliphatic carbocycles. The first-order chi connectivity index (χ1) is 12.4. The average Bonchev–Trinajstić information content (AvgIpc) is 3.11. The number of nitro groups is 1. The predicted molar refractivity (Wildman–Crippen MR) is 99.6 cm³/mol. The molecule has 3 unspecified atom stereocenters. The van der Waals surface area contributed by atoms with Gasteiger partial charge in [0.25, 0.3) is 11.6 Å². The standard InChI is InChI=1S/C19H27N3O4/c1-13-8-14(2)12-21(11-13)17-6-5-15(9-18(17)22(24)25)19(23)20-10-16-4-3-7-26-16/h5-6,9,13-14,16H,3-4,7-8,10-12H2,1-2H3,(H,20,23). The van der Waals surface area contributed by atoms with Crippen molar-refractivity contribution >= 4 is 17.3 Å². The molecule has 7 nitrogen and oxygen atoms in total. The van der Waals surface area contributed by atoms with Gasteiger partial charge in [-0.25, -0.2) is 0 Å². The van der Waals surface area contributed by atoms with Crippen molar-refractivity contribution in [2.24, 2.45) is 11.8 Å². The molecule has 7 heteroatoms. The fraction of sp³-hybridized carbons (Fsp3) is 0.632. The number of rotatable bonds is 5. The van der Waals surface area contributed by atoms with Crippen LogP contribution in [0.25, 0.3) is 0 Å². The summed E-state index contributed by atoms with van der Waals surface area (Å²) in [6.07, 6.45) is 3.12. The quantitative estimate of drug-likeness (QED) is 0.644. The summed E-state index contributed by atoms with van der Waals surface area (Å²) in [6, 6.07) is 4.78. The number of nitro benzene ring substituents is 1. The van der Waals surface area contributed by atoms with Crippen LogP contribution in [0.2, 0.25) is 0 Å². The van der Waals surface area contributed by atoms with E-state index < -0.39 is 4.92 Å². The van der Waals surface area contributed by atoms with Gasteiger partial charge in [-0.3, -0.25) is 14.9 Å². The Morgan fingerprint density at radius 1 is 1.35 bits per heavy atom. The maximum atomic E-state index is 12.4. The van der Waals surface area contributed by atoms with Crippen molar-refractivity contribution in [2.75, 3.05) is 31.1 Å². The zero-order valence-electron chi connectivity index (χ0n) is 15.4. The summed E-state index contributed by atoms with van der Waals surface area (Å²) in [5, 5.41) is 14.4. The number of benzene rings is 1. The molecule has 1 aromatic carbocycles. The molecule has 0 saturated carbocycles. The Morgan fingerprint density at radius 2 is 2.08 bits per heavy atom. The summed E-state index contributed by atoms with van der Waals surface area (Å²) < 4.78 is 5.49. The van der Waals surface area contributed by atoms with Crippen LogP contribution < -0.4 is 10.2 Å². The Balaban J connectivity index is 1.75. The van der Waals surface area contributed by atoms with Crippen LogP contribution in [0.15, 0.2) is 18.2 Å². The smallest absolute Gasteiger partial charge is 0.293 e. The molecule has 2 aliphatic rings. The molecule has 1 N–H and O–H groups in total. The Bertz CT molecular complexity index is 663. The van der Waals surface area contributed by atoms with Gasteiger partial charge in [0, 0.05) is 37.9 Å². The largest absolute Gasteiger partial charge is 0.376 e. The van der Waals surface area contributed by atoms with Crippen molar-refractivity contribution in [2.45, 2.75) is 39.2 Å². The molecular formula is C19H27N3O4. The normalized spacial score (nSPS) is 25.9. The molecular weight excluding hydrogens is 334 g/mol. The summed E-state index contributed by atoms with van der Waals surface area (Å²) >= 11 is 0. The highest BCUT2D eigenvalue weighted by Gasteiger charge is 2.28. The second-order valence-corrected chi connectivity index (χ2v) is 7.66. The highest BCUT2D eigenvalue weighted by atomic mass is 16.6. The summed E-state index contributed by atoms with van der Waals surface area (Å²) in [4.78, 5) is 25.6. The Kier molecular flexibility index (Phi) is 5.76. The highest BCUT2D eigenvalue weighted by Crippen LogP contribution is 2.33. The predicted octanol–water partition coefficient (Wildman–Crippen LogP) is 2.99. The number of carbonyl (C=O) groups is 1. The molecule has 1 amide bonds. The topological polar surface area (TPSA) is 84.7 Å². The molecule has 2 aliphatic heterocycles. The third-order valence-electron chi connectivity index (χ3n) is 5.16. The number of hydrogen-bond donors (Lipinski definition) is 1. The van der Waals surface area contributed by atoms with Crippen molar-refractivity contribution in [3.63, 3.8) is 0 Å². The van der Waals surface area contributed by atoms with E-state index in [1.807, 2.05) is 0 Å². The first-order valence-electron chi connectivity index (χ1n) is 9.37. The molecule has 2 heterocycles. The van der Waals surface area contributed by atoms with E-state index in [4.69, 9.17) is 4.74 Å². The average molecular weight is 361 g/mol. The second-order valence-electron chi connectivity index (χ2n) is 7.66. The van der Waals surface area contributed by atoms with E-state index in [2.05, 4.69) is 24.1 Å². The van der Waals surface area contributed by atoms with E-state index >= 15 is 0 Å². The molecule has 3 rings (SSSR count). The van der Waals surface area contributed by atoms with E-state index in [0.29, 0.717) is 29.6 Å². The molecule has 0 bridgehead atoms. The van der Waals surface area contributed by atoms with Crippen LogP contribution in [0.5, 0.6) is 0 Å². The van der Waals surface area contributed by atoms with Gasteiger partial charge in [-0.1, -0.05) is 13.8 Å². The van der Waals surface area contributed by atoms with E-state index in [1.165, 1.54) is 6.07 Å². The molecule has 1 aromatic rings. The minimum absolute atomic E-state index is 0.00364. The maximum Gasteiger partial charge on any atom is 0.293 e. The number of hydrogen-bond acceptors (Lipinski definition) is 5. The Morgan fingerprint density at radius 3 is 2.69 bits per heavy atom. The third kappa shape index (κ3) is 4.33. The van der Waals surface area contributed by atoms with Crippen molar-refractivity contribution in [1.29, 1.82) is 0 Å². The Hall–Kier alpha value is -2.15. The monoisotopic (exact) mass is 361 g/mol. The minimum atomic E-state index is -0.393. The molecule has 0 aromatic heterocycles. The van der Waals surface area contributed by atoms with Crippen LogP contribution in [0.1, 0.15) is 43.5 Å². The summed E-state index contributed by atoms with van der Waals surface area (Å²) in [7, 11) is 0. The van der Waals surface area contributed by atoms with Crippen LogP contribution in [0.4, 0.5) is 11.4 Å². The van der Waals surface area contributed by atoms with Gasteiger partial charge in [0.15, 0.2) is 0 Å². The number of piperidine rings is 1. The van der Waals surface area contributed by atoms with E-state index in [-0.39, 0.29) is 17.7 Å². The number of carbonyl (C=O) groups excluding carboxylic acids is 1. The van der Waals surface area contributed by atoms with E-state index in [0.717, 1.165) is 39.0 Å². The molecule has 26 heavy (non-hydrogen) atoms. The SMILES string of the molecule is CC1CC(C)CN(c2ccc(C(=O)NCC3CCCO3)cc2[N+](=O)[O-])C1. The lowest BCUT2D eigenvalue weighted by atomic mass is 9.91. The first-order valence-corrected chi connectivity index (χ1v) is 9.37. The number of anilines is 1. The van der Waals surface area contributed by atoms with Gasteiger partial charge in [0.2, 0.25) is 0 Å². The zero-order valence-corrected chi connectivity index (χ0v) is 15.4. The van der Waals surface area contributed by atoms with Crippen LogP contribution in [0.3, 0.4) is 0 Å². The van der Waals surface area contributed by atoms with Gasteiger partial charge >= 0.3 is 0 Å². The van der Waals surface area contributed by atoms with Gasteiger partial charge in [-0.15, -0.1) is 0 Å². The van der Waals surface area contributed by atoms with Crippen LogP contribution in [0, 0.1) is 22.0 Å². The van der Waals surface area contributed by atoms with Crippen molar-refractivity contribution in [1.82, 2.24) is 5.32 Å². The lowest BCUT2D eigenvalue weighted by Crippen LogP contribution is -2.39. The number of nitrogens with one attached hydrogen (secondary N) is 1. The number of nitrogens with zero attached hydrogens (tertiary/aromatic N) is 2. The van der Waals surface area contributed by atoms with Gasteiger partial charge in [-0.2, -0.15) is 0 Å². The third-order valence-corrected chi connectivity index (χ3v) is 5.16. The van der Waals surface area contributed by atoms with Crippen molar-refractivity contribution < 1.29 is 14.5 Å². The first kappa shape index (κ1) is 18.6. The summed E-state index contributed by atoms with van der Waals surface area (Å²) in [5.74, 6) is 0.691. The number of amides is 1.